The second-order valence-corrected chi connectivity index (χ2v) is 7.72. The summed E-state index contributed by atoms with van der Waals surface area (Å²) in [4.78, 5) is 29.0. The van der Waals surface area contributed by atoms with Gasteiger partial charge in [0.2, 0.25) is 5.91 Å². The van der Waals surface area contributed by atoms with E-state index in [1.165, 1.54) is 0 Å². The van der Waals surface area contributed by atoms with E-state index >= 15 is 0 Å². The minimum Gasteiger partial charge on any atom is -0.493 e. The van der Waals surface area contributed by atoms with Crippen molar-refractivity contribution in [2.75, 3.05) is 19.7 Å². The van der Waals surface area contributed by atoms with Crippen LogP contribution in [0.15, 0.2) is 48.5 Å². The van der Waals surface area contributed by atoms with Gasteiger partial charge in [-0.1, -0.05) is 36.4 Å². The maximum atomic E-state index is 14.3. The van der Waals surface area contributed by atoms with E-state index in [0.717, 1.165) is 16.0 Å². The minimum atomic E-state index is -3.11. The second kappa shape index (κ2) is 8.05. The van der Waals surface area contributed by atoms with Crippen molar-refractivity contribution in [3.8, 4) is 5.75 Å². The lowest BCUT2D eigenvalue weighted by atomic mass is 9.99. The zero-order valence-electron chi connectivity index (χ0n) is 16.8. The molecule has 1 saturated heterocycles. The van der Waals surface area contributed by atoms with Crippen molar-refractivity contribution < 1.29 is 23.1 Å². The highest BCUT2D eigenvalue weighted by Gasteiger charge is 2.51. The molecule has 7 heteroatoms. The lowest BCUT2D eigenvalue weighted by Crippen LogP contribution is -2.49. The SMILES string of the molecule is CCOc1ccccc1C(=O)N1CC(F)(F)C[C@H]1C(=O)N1CCc2ccccc2C1. The third-order valence-corrected chi connectivity index (χ3v) is 5.68. The van der Waals surface area contributed by atoms with Gasteiger partial charge in [-0.25, -0.2) is 8.78 Å². The Bertz CT molecular complexity index is 963. The predicted molar refractivity (Wildman–Crippen MR) is 108 cm³/mol. The summed E-state index contributed by atoms with van der Waals surface area (Å²) in [6, 6.07) is 13.2. The first-order valence-corrected chi connectivity index (χ1v) is 10.2. The summed E-state index contributed by atoms with van der Waals surface area (Å²) in [5, 5.41) is 0. The summed E-state index contributed by atoms with van der Waals surface area (Å²) < 4.78 is 34.2. The Morgan fingerprint density at radius 2 is 1.80 bits per heavy atom. The van der Waals surface area contributed by atoms with Gasteiger partial charge in [0.1, 0.15) is 11.8 Å². The molecule has 2 aliphatic rings. The molecule has 5 nitrogen and oxygen atoms in total. The van der Waals surface area contributed by atoms with E-state index in [1.807, 2.05) is 24.3 Å². The third-order valence-electron chi connectivity index (χ3n) is 5.68. The van der Waals surface area contributed by atoms with Crippen molar-refractivity contribution in [1.82, 2.24) is 9.80 Å². The van der Waals surface area contributed by atoms with Gasteiger partial charge in [-0.2, -0.15) is 0 Å². The van der Waals surface area contributed by atoms with Gasteiger partial charge in [-0.05, 0) is 36.6 Å². The number of likely N-dealkylation sites (tertiary alicyclic amines) is 1. The molecule has 30 heavy (non-hydrogen) atoms. The maximum Gasteiger partial charge on any atom is 0.267 e. The monoisotopic (exact) mass is 414 g/mol. The molecule has 0 radical (unpaired) electrons. The summed E-state index contributed by atoms with van der Waals surface area (Å²) in [6.07, 6.45) is 0.0126. The minimum absolute atomic E-state index is 0.193. The molecule has 0 bridgehead atoms. The van der Waals surface area contributed by atoms with Crippen molar-refractivity contribution in [3.63, 3.8) is 0 Å². The maximum absolute atomic E-state index is 14.3. The van der Waals surface area contributed by atoms with Gasteiger partial charge in [0, 0.05) is 19.5 Å². The molecule has 4 rings (SSSR count). The number of alkyl halides is 2. The molecule has 2 amide bonds. The standard InChI is InChI=1S/C23H24F2N2O3/c1-2-30-20-10-6-5-9-18(20)21(28)27-15-23(24,25)13-19(27)22(29)26-12-11-16-7-3-4-8-17(16)14-26/h3-10,19H,2,11-15H2,1H3/t19-/m0/s1. The number of rotatable bonds is 4. The zero-order chi connectivity index (χ0) is 21.3. The number of halogens is 2. The molecule has 2 aromatic carbocycles. The molecule has 2 aliphatic heterocycles. The Morgan fingerprint density at radius 1 is 1.10 bits per heavy atom. The molecule has 158 valence electrons. The third kappa shape index (κ3) is 3.88. The molecule has 0 aromatic heterocycles. The molecule has 1 fully saturated rings. The van der Waals surface area contributed by atoms with Crippen molar-refractivity contribution in [2.45, 2.75) is 38.3 Å². The van der Waals surface area contributed by atoms with Gasteiger partial charge < -0.3 is 14.5 Å². The quantitative estimate of drug-likeness (QED) is 0.769. The van der Waals surface area contributed by atoms with E-state index in [1.54, 1.807) is 36.1 Å². The normalized spacial score (nSPS) is 20.0. The van der Waals surface area contributed by atoms with Crippen LogP contribution in [-0.4, -0.2) is 53.3 Å². The van der Waals surface area contributed by atoms with E-state index in [0.29, 0.717) is 31.9 Å². The van der Waals surface area contributed by atoms with Crippen LogP contribution in [0.25, 0.3) is 0 Å². The molecule has 0 spiro atoms. The number of hydrogen-bond acceptors (Lipinski definition) is 3. The number of fused-ring (bicyclic) bond motifs is 1. The highest BCUT2D eigenvalue weighted by molar-refractivity contribution is 6.00. The fourth-order valence-electron chi connectivity index (χ4n) is 4.22. The van der Waals surface area contributed by atoms with Gasteiger partial charge in [-0.3, -0.25) is 9.59 Å². The summed E-state index contributed by atoms with van der Waals surface area (Å²) >= 11 is 0. The van der Waals surface area contributed by atoms with Crippen LogP contribution in [0.4, 0.5) is 8.78 Å². The number of para-hydroxylation sites is 1. The average Bonchev–Trinajstić information content (AvgIpc) is 3.08. The van der Waals surface area contributed by atoms with E-state index in [2.05, 4.69) is 0 Å². The number of ether oxygens (including phenoxy) is 1. The molecule has 0 unspecified atom stereocenters. The number of carbonyl (C=O) groups excluding carboxylic acids is 2. The molecule has 1 atom stereocenters. The first-order chi connectivity index (χ1) is 14.4. The summed E-state index contributed by atoms with van der Waals surface area (Å²) in [5.41, 5.74) is 2.37. The highest BCUT2D eigenvalue weighted by atomic mass is 19.3. The van der Waals surface area contributed by atoms with Crippen LogP contribution in [0.5, 0.6) is 5.75 Å². The Balaban J connectivity index is 1.59. The summed E-state index contributed by atoms with van der Waals surface area (Å²) in [5.74, 6) is -3.81. The second-order valence-electron chi connectivity index (χ2n) is 7.72. The lowest BCUT2D eigenvalue weighted by Gasteiger charge is -2.33. The van der Waals surface area contributed by atoms with Crippen molar-refractivity contribution in [3.05, 3.63) is 65.2 Å². The van der Waals surface area contributed by atoms with Crippen molar-refractivity contribution >= 4 is 11.8 Å². The van der Waals surface area contributed by atoms with E-state index < -0.39 is 36.7 Å². The molecule has 0 N–H and O–H groups in total. The first-order valence-electron chi connectivity index (χ1n) is 10.2. The van der Waals surface area contributed by atoms with Crippen LogP contribution in [0.1, 0.15) is 34.8 Å². The number of nitrogens with zero attached hydrogens (tertiary/aromatic N) is 2. The summed E-state index contributed by atoms with van der Waals surface area (Å²) in [7, 11) is 0. The van der Waals surface area contributed by atoms with Gasteiger partial charge in [0.15, 0.2) is 0 Å². The van der Waals surface area contributed by atoms with Crippen LogP contribution in [0.3, 0.4) is 0 Å². The Labute approximate surface area is 174 Å². The molecule has 0 saturated carbocycles. The number of hydrogen-bond donors (Lipinski definition) is 0. The van der Waals surface area contributed by atoms with Crippen molar-refractivity contribution in [2.24, 2.45) is 0 Å². The zero-order valence-corrected chi connectivity index (χ0v) is 16.8. The van der Waals surface area contributed by atoms with Crippen molar-refractivity contribution in [1.29, 1.82) is 0 Å². The van der Waals surface area contributed by atoms with Gasteiger partial charge >= 0.3 is 0 Å². The summed E-state index contributed by atoms with van der Waals surface area (Å²) in [6.45, 7) is 2.18. The van der Waals surface area contributed by atoms with E-state index in [9.17, 15) is 18.4 Å². The molecule has 2 heterocycles. The molecular formula is C23H24F2N2O3. The van der Waals surface area contributed by atoms with Gasteiger partial charge in [0.25, 0.3) is 11.8 Å². The van der Waals surface area contributed by atoms with Gasteiger partial charge in [-0.15, -0.1) is 0 Å². The van der Waals surface area contributed by atoms with E-state index in [4.69, 9.17) is 4.74 Å². The van der Waals surface area contributed by atoms with E-state index in [-0.39, 0.29) is 5.56 Å². The Hall–Kier alpha value is -2.96. The fraction of sp³-hybridized carbons (Fsp3) is 0.391. The highest BCUT2D eigenvalue weighted by Crippen LogP contribution is 2.36. The molecular weight excluding hydrogens is 390 g/mol. The van der Waals surface area contributed by atoms with Crippen LogP contribution >= 0.6 is 0 Å². The molecule has 0 aliphatic carbocycles. The topological polar surface area (TPSA) is 49.9 Å². The Morgan fingerprint density at radius 3 is 2.57 bits per heavy atom. The van der Waals surface area contributed by atoms with Crippen LogP contribution in [0, 0.1) is 0 Å². The number of carbonyl (C=O) groups is 2. The largest absolute Gasteiger partial charge is 0.493 e. The number of amides is 2. The smallest absolute Gasteiger partial charge is 0.267 e. The average molecular weight is 414 g/mol. The van der Waals surface area contributed by atoms with Gasteiger partial charge in [0.05, 0.1) is 18.7 Å². The van der Waals surface area contributed by atoms with Crippen LogP contribution in [0.2, 0.25) is 0 Å². The molecule has 2 aromatic rings. The lowest BCUT2D eigenvalue weighted by molar-refractivity contribution is -0.136. The predicted octanol–water partition coefficient (Wildman–Crippen LogP) is 3.52. The number of benzene rings is 2. The first kappa shape index (κ1) is 20.3. The Kier molecular flexibility index (Phi) is 5.45. The van der Waals surface area contributed by atoms with Crippen LogP contribution in [-0.2, 0) is 17.8 Å². The fourth-order valence-corrected chi connectivity index (χ4v) is 4.22. The van der Waals surface area contributed by atoms with Crippen LogP contribution < -0.4 is 4.74 Å².